The minimum absolute atomic E-state index is 0.0694. The SMILES string of the molecule is CCC/C(=C/C(N)=O)C(=O)O.CCC/C(=C/C(N)=O)C(=O)O.C[SiH](C)O[SiH3]. The van der Waals surface area contributed by atoms with Crippen molar-refractivity contribution >= 4 is 43.3 Å². The van der Waals surface area contributed by atoms with Gasteiger partial charge in [-0.2, -0.15) is 0 Å². The molecule has 9 nitrogen and oxygen atoms in total. The number of carbonyl (C=O) groups excluding carboxylic acids is 2. The fourth-order valence-electron chi connectivity index (χ4n) is 1.36. The number of hydrogen-bond acceptors (Lipinski definition) is 5. The highest BCUT2D eigenvalue weighted by atomic mass is 28.3. The summed E-state index contributed by atoms with van der Waals surface area (Å²) in [6, 6.07) is 0. The highest BCUT2D eigenvalue weighted by Gasteiger charge is 2.07. The van der Waals surface area contributed by atoms with Crippen molar-refractivity contribution in [3.63, 3.8) is 0 Å². The summed E-state index contributed by atoms with van der Waals surface area (Å²) >= 11 is 0. The van der Waals surface area contributed by atoms with Gasteiger partial charge in [-0.15, -0.1) is 0 Å². The highest BCUT2D eigenvalue weighted by Crippen LogP contribution is 2.04. The average molecular weight is 421 g/mol. The van der Waals surface area contributed by atoms with Crippen molar-refractivity contribution < 1.29 is 33.5 Å². The van der Waals surface area contributed by atoms with Crippen LogP contribution in [0, 0.1) is 0 Å². The van der Waals surface area contributed by atoms with Crippen LogP contribution in [0.25, 0.3) is 0 Å². The van der Waals surface area contributed by atoms with Crippen LogP contribution in [0.15, 0.2) is 23.3 Å². The van der Waals surface area contributed by atoms with Gasteiger partial charge in [-0.25, -0.2) is 9.59 Å². The van der Waals surface area contributed by atoms with Gasteiger partial charge in [-0.1, -0.05) is 26.7 Å². The molecule has 0 heterocycles. The Morgan fingerprint density at radius 1 is 0.889 bits per heavy atom. The lowest BCUT2D eigenvalue weighted by Gasteiger charge is -1.96. The van der Waals surface area contributed by atoms with Gasteiger partial charge in [0.25, 0.3) is 0 Å². The lowest BCUT2D eigenvalue weighted by atomic mass is 10.1. The number of carbonyl (C=O) groups is 4. The zero-order valence-electron chi connectivity index (χ0n) is 16.7. The van der Waals surface area contributed by atoms with E-state index in [0.717, 1.165) is 22.6 Å². The zero-order chi connectivity index (χ0) is 22.0. The van der Waals surface area contributed by atoms with E-state index >= 15 is 0 Å². The van der Waals surface area contributed by atoms with E-state index in [2.05, 4.69) is 13.1 Å². The number of amides is 2. The minimum Gasteiger partial charge on any atom is -0.478 e. The minimum atomic E-state index is -1.08. The van der Waals surface area contributed by atoms with E-state index in [4.69, 9.17) is 25.8 Å². The number of rotatable bonds is 9. The normalized spacial score (nSPS) is 11.0. The first-order valence-electron chi connectivity index (χ1n) is 8.42. The van der Waals surface area contributed by atoms with E-state index < -0.39 is 32.8 Å². The third-order valence-electron chi connectivity index (χ3n) is 2.69. The van der Waals surface area contributed by atoms with Crippen LogP contribution in [0.2, 0.25) is 13.1 Å². The van der Waals surface area contributed by atoms with Gasteiger partial charge in [0, 0.05) is 23.3 Å². The number of nitrogens with two attached hydrogens (primary N) is 2. The maximum Gasteiger partial charge on any atom is 0.331 e. The van der Waals surface area contributed by atoms with Gasteiger partial charge in [0.1, 0.15) is 10.5 Å². The number of carboxylic acids is 2. The third-order valence-corrected chi connectivity index (χ3v) is 6.46. The summed E-state index contributed by atoms with van der Waals surface area (Å²) in [6.45, 7) is 8.01. The predicted molar refractivity (Wildman–Crippen MR) is 110 cm³/mol. The molecule has 0 saturated heterocycles. The molecule has 0 rings (SSSR count). The van der Waals surface area contributed by atoms with Crippen molar-refractivity contribution in [3.8, 4) is 0 Å². The maximum atomic E-state index is 10.3. The van der Waals surface area contributed by atoms with Crippen LogP contribution < -0.4 is 11.5 Å². The summed E-state index contributed by atoms with van der Waals surface area (Å²) in [6.07, 6.45) is 4.02. The summed E-state index contributed by atoms with van der Waals surface area (Å²) in [7, 11) is 0.347. The van der Waals surface area contributed by atoms with Gasteiger partial charge in [-0.3, -0.25) is 9.59 Å². The third kappa shape index (κ3) is 23.8. The van der Waals surface area contributed by atoms with E-state index in [1.807, 2.05) is 13.8 Å². The lowest BCUT2D eigenvalue weighted by Crippen LogP contribution is -2.10. The van der Waals surface area contributed by atoms with E-state index in [9.17, 15) is 19.2 Å². The molecule has 27 heavy (non-hydrogen) atoms. The molecule has 6 N–H and O–H groups in total. The highest BCUT2D eigenvalue weighted by molar-refractivity contribution is 6.52. The molecule has 0 radical (unpaired) electrons. The molecule has 0 aromatic carbocycles. The average Bonchev–Trinajstić information content (AvgIpc) is 2.54. The Hall–Kier alpha value is -2.25. The van der Waals surface area contributed by atoms with E-state index in [1.54, 1.807) is 0 Å². The first kappa shape index (κ1) is 29.5. The molecule has 0 unspecified atom stereocenters. The Morgan fingerprint density at radius 3 is 1.26 bits per heavy atom. The summed E-state index contributed by atoms with van der Waals surface area (Å²) < 4.78 is 5.03. The number of carboxylic acid groups (broad SMARTS) is 2. The van der Waals surface area contributed by atoms with Crippen LogP contribution in [0.3, 0.4) is 0 Å². The van der Waals surface area contributed by atoms with Crippen molar-refractivity contribution in [2.75, 3.05) is 0 Å². The van der Waals surface area contributed by atoms with Crippen molar-refractivity contribution in [2.24, 2.45) is 11.5 Å². The fraction of sp³-hybridized carbons (Fsp3) is 0.500. The molecule has 0 aromatic rings. The standard InChI is InChI=1S/2C7H11NO3.C2H10OSi2/c2*1-2-3-5(7(10)11)4-6(8)9;1-5(2)3-4/h2*4H,2-3H2,1H3,(H2,8,9)(H,10,11);5H,1-2,4H3/b2*5-4-;. The molecule has 0 aliphatic heterocycles. The molecule has 2 amide bonds. The zero-order valence-corrected chi connectivity index (χ0v) is 19.8. The molecule has 0 aliphatic rings. The van der Waals surface area contributed by atoms with Gasteiger partial charge in [0.15, 0.2) is 9.04 Å². The maximum absolute atomic E-state index is 10.3. The van der Waals surface area contributed by atoms with Crippen molar-refractivity contribution in [1.29, 1.82) is 0 Å². The summed E-state index contributed by atoms with van der Waals surface area (Å²) in [5, 5.41) is 17.0. The second kappa shape index (κ2) is 18.5. The van der Waals surface area contributed by atoms with Gasteiger partial charge in [-0.05, 0) is 25.9 Å². The smallest absolute Gasteiger partial charge is 0.331 e. The molecule has 0 spiro atoms. The summed E-state index contributed by atoms with van der Waals surface area (Å²) in [4.78, 5) is 41.2. The Labute approximate surface area is 164 Å². The monoisotopic (exact) mass is 420 g/mol. The molecular formula is C16H32N2O7Si2. The number of aliphatic carboxylic acids is 2. The van der Waals surface area contributed by atoms with Gasteiger partial charge in [0.05, 0.1) is 0 Å². The second-order valence-corrected chi connectivity index (χ2v) is 9.52. The fourth-order valence-corrected chi connectivity index (χ4v) is 1.36. The van der Waals surface area contributed by atoms with Crippen molar-refractivity contribution in [1.82, 2.24) is 0 Å². The van der Waals surface area contributed by atoms with Gasteiger partial charge < -0.3 is 25.8 Å². The molecule has 0 bridgehead atoms. The molecule has 156 valence electrons. The summed E-state index contributed by atoms with van der Waals surface area (Å²) in [5.41, 5.74) is 9.70. The molecule has 0 aliphatic carbocycles. The Balaban J connectivity index is -0.000000344. The number of primary amides is 2. The Morgan fingerprint density at radius 2 is 1.15 bits per heavy atom. The molecular weight excluding hydrogens is 388 g/mol. The van der Waals surface area contributed by atoms with Crippen LogP contribution in [0.4, 0.5) is 0 Å². The van der Waals surface area contributed by atoms with Crippen molar-refractivity contribution in [2.45, 2.75) is 52.6 Å². The molecule has 0 saturated carbocycles. The van der Waals surface area contributed by atoms with Crippen LogP contribution in [-0.4, -0.2) is 53.5 Å². The Bertz CT molecular complexity index is 503. The largest absolute Gasteiger partial charge is 0.478 e. The van der Waals surface area contributed by atoms with Crippen LogP contribution in [-0.2, 0) is 23.3 Å². The topological polar surface area (TPSA) is 170 Å². The molecule has 0 aromatic heterocycles. The number of hydrogen-bond donors (Lipinski definition) is 4. The van der Waals surface area contributed by atoms with Crippen molar-refractivity contribution in [3.05, 3.63) is 23.3 Å². The molecule has 0 atom stereocenters. The predicted octanol–water partition coefficient (Wildman–Crippen LogP) is -0.168. The quantitative estimate of drug-likeness (QED) is 0.296. The van der Waals surface area contributed by atoms with E-state index in [0.29, 0.717) is 25.7 Å². The molecule has 11 heteroatoms. The second-order valence-electron chi connectivity index (χ2n) is 5.54. The van der Waals surface area contributed by atoms with Gasteiger partial charge >= 0.3 is 11.9 Å². The lowest BCUT2D eigenvalue weighted by molar-refractivity contribution is -0.133. The van der Waals surface area contributed by atoms with Crippen LogP contribution in [0.5, 0.6) is 0 Å². The van der Waals surface area contributed by atoms with E-state index in [1.165, 1.54) is 0 Å². The van der Waals surface area contributed by atoms with Gasteiger partial charge in [0.2, 0.25) is 11.8 Å². The van der Waals surface area contributed by atoms with Crippen LogP contribution in [0.1, 0.15) is 39.5 Å². The molecule has 0 fully saturated rings. The first-order valence-corrected chi connectivity index (χ1v) is 12.0. The summed E-state index contributed by atoms with van der Waals surface area (Å²) in [5.74, 6) is -3.58. The van der Waals surface area contributed by atoms with Crippen LogP contribution >= 0.6 is 0 Å². The Kier molecular flexibility index (Phi) is 20.3. The first-order chi connectivity index (χ1) is 12.4. The van der Waals surface area contributed by atoms with E-state index in [-0.39, 0.29) is 11.1 Å².